The van der Waals surface area contributed by atoms with Gasteiger partial charge in [0.15, 0.2) is 0 Å². The molecule has 0 bridgehead atoms. The molecule has 1 heterocycles. The van der Waals surface area contributed by atoms with E-state index in [2.05, 4.69) is 22.5 Å². The lowest BCUT2D eigenvalue weighted by Gasteiger charge is -2.08. The maximum atomic E-state index is 12.4. The minimum Gasteiger partial charge on any atom is -0.332 e. The molecule has 2 N–H and O–H groups in total. The zero-order valence-electron chi connectivity index (χ0n) is 17.0. The Bertz CT molecular complexity index is 973. The largest absolute Gasteiger partial charge is 0.332 e. The predicted octanol–water partition coefficient (Wildman–Crippen LogP) is 4.34. The van der Waals surface area contributed by atoms with Gasteiger partial charge in [-0.3, -0.25) is 9.59 Å². The number of hydrogen-bond donors (Lipinski definition) is 2. The number of nitrogens with one attached hydrogen (secondary N) is 2. The number of anilines is 2. The number of imidazole rings is 1. The molecule has 150 valence electrons. The zero-order valence-corrected chi connectivity index (χ0v) is 17.0. The van der Waals surface area contributed by atoms with Crippen LogP contribution in [0.25, 0.3) is 0 Å². The van der Waals surface area contributed by atoms with Gasteiger partial charge in [0.2, 0.25) is 5.91 Å². The molecule has 2 amide bonds. The summed E-state index contributed by atoms with van der Waals surface area (Å²) in [5.41, 5.74) is 4.16. The number of nitrogens with zero attached hydrogens (tertiary/aromatic N) is 2. The van der Waals surface area contributed by atoms with Crippen LogP contribution in [0.4, 0.5) is 11.4 Å². The molecular formula is C23H26N4O2. The molecule has 29 heavy (non-hydrogen) atoms. The fraction of sp³-hybridized carbons (Fsp3) is 0.261. The van der Waals surface area contributed by atoms with Crippen molar-refractivity contribution in [2.24, 2.45) is 5.92 Å². The minimum atomic E-state index is -0.236. The molecule has 0 aliphatic carbocycles. The van der Waals surface area contributed by atoms with Gasteiger partial charge in [-0.05, 0) is 41.8 Å². The molecule has 0 saturated heterocycles. The number of rotatable bonds is 7. The number of carbonyl (C=O) groups excluding carboxylic acids is 2. The second-order valence-electron chi connectivity index (χ2n) is 7.28. The van der Waals surface area contributed by atoms with Crippen LogP contribution in [0.15, 0.2) is 61.1 Å². The number of carbonyl (C=O) groups is 2. The maximum absolute atomic E-state index is 12.4. The summed E-state index contributed by atoms with van der Waals surface area (Å²) < 4.78 is 1.86. The van der Waals surface area contributed by atoms with Crippen LogP contribution in [0.2, 0.25) is 0 Å². The lowest BCUT2D eigenvalue weighted by molar-refractivity contribution is -0.118. The number of aryl methyl sites for hydroxylation is 1. The monoisotopic (exact) mass is 390 g/mol. The first kappa shape index (κ1) is 20.3. The fourth-order valence-electron chi connectivity index (χ4n) is 2.77. The van der Waals surface area contributed by atoms with Crippen molar-refractivity contribution in [1.82, 2.24) is 9.55 Å². The van der Waals surface area contributed by atoms with Gasteiger partial charge in [-0.15, -0.1) is 0 Å². The Labute approximate surface area is 171 Å². The van der Waals surface area contributed by atoms with Crippen LogP contribution in [0.3, 0.4) is 0 Å². The second-order valence-corrected chi connectivity index (χ2v) is 7.28. The van der Waals surface area contributed by atoms with Crippen LogP contribution < -0.4 is 10.6 Å². The van der Waals surface area contributed by atoms with Crippen LogP contribution in [0.1, 0.15) is 42.4 Å². The molecule has 1 aromatic heterocycles. The number of amides is 2. The first-order valence-electron chi connectivity index (χ1n) is 9.76. The van der Waals surface area contributed by atoms with Crippen molar-refractivity contribution in [3.05, 3.63) is 77.9 Å². The minimum absolute atomic E-state index is 0.00709. The van der Waals surface area contributed by atoms with Crippen LogP contribution >= 0.6 is 0 Å². The summed E-state index contributed by atoms with van der Waals surface area (Å²) in [4.78, 5) is 28.4. The van der Waals surface area contributed by atoms with Gasteiger partial charge < -0.3 is 15.2 Å². The highest BCUT2D eigenvalue weighted by Crippen LogP contribution is 2.14. The van der Waals surface area contributed by atoms with Gasteiger partial charge in [0.05, 0.1) is 6.33 Å². The van der Waals surface area contributed by atoms with E-state index in [1.807, 2.05) is 66.9 Å². The van der Waals surface area contributed by atoms with E-state index in [1.165, 1.54) is 5.56 Å². The van der Waals surface area contributed by atoms with Crippen molar-refractivity contribution >= 4 is 23.2 Å². The van der Waals surface area contributed by atoms with E-state index in [1.54, 1.807) is 12.5 Å². The quantitative estimate of drug-likeness (QED) is 0.630. The molecule has 0 unspecified atom stereocenters. The van der Waals surface area contributed by atoms with Gasteiger partial charge in [-0.1, -0.05) is 45.0 Å². The molecule has 6 heteroatoms. The van der Waals surface area contributed by atoms with E-state index in [0.717, 1.165) is 23.4 Å². The first-order valence-corrected chi connectivity index (χ1v) is 9.76. The van der Waals surface area contributed by atoms with Crippen LogP contribution in [-0.4, -0.2) is 21.4 Å². The maximum Gasteiger partial charge on any atom is 0.275 e. The molecule has 0 spiro atoms. The Morgan fingerprint density at radius 1 is 0.931 bits per heavy atom. The number of benzene rings is 2. The van der Waals surface area contributed by atoms with E-state index in [9.17, 15) is 9.59 Å². The van der Waals surface area contributed by atoms with Gasteiger partial charge in [-0.2, -0.15) is 0 Å². The summed E-state index contributed by atoms with van der Waals surface area (Å²) in [7, 11) is 0. The molecule has 0 radical (unpaired) electrons. The summed E-state index contributed by atoms with van der Waals surface area (Å²) in [5, 5.41) is 5.74. The van der Waals surface area contributed by atoms with Crippen LogP contribution in [0.5, 0.6) is 0 Å². The molecule has 0 atom stereocenters. The third-order valence-corrected chi connectivity index (χ3v) is 4.60. The summed E-state index contributed by atoms with van der Waals surface area (Å²) in [5.74, 6) is -0.304. The number of hydrogen-bond acceptors (Lipinski definition) is 3. The van der Waals surface area contributed by atoms with Crippen LogP contribution in [0, 0.1) is 5.92 Å². The van der Waals surface area contributed by atoms with E-state index >= 15 is 0 Å². The molecular weight excluding hydrogens is 364 g/mol. The smallest absolute Gasteiger partial charge is 0.275 e. The second kappa shape index (κ2) is 9.19. The van der Waals surface area contributed by atoms with Gasteiger partial charge >= 0.3 is 0 Å². The topological polar surface area (TPSA) is 76.0 Å². The van der Waals surface area contributed by atoms with Crippen molar-refractivity contribution in [3.63, 3.8) is 0 Å². The highest BCUT2D eigenvalue weighted by atomic mass is 16.2. The average Bonchev–Trinajstić information content (AvgIpc) is 3.18. The summed E-state index contributed by atoms with van der Waals surface area (Å²) in [6.07, 6.45) is 4.33. The Morgan fingerprint density at radius 3 is 2.10 bits per heavy atom. The highest BCUT2D eigenvalue weighted by Gasteiger charge is 2.10. The lowest BCUT2D eigenvalue weighted by atomic mass is 10.1. The molecule has 0 saturated carbocycles. The molecule has 3 aromatic rings. The zero-order chi connectivity index (χ0) is 20.8. The third kappa shape index (κ3) is 5.54. The highest BCUT2D eigenvalue weighted by molar-refractivity contribution is 6.02. The number of aromatic nitrogens is 2. The molecule has 3 rings (SSSR count). The van der Waals surface area contributed by atoms with Crippen molar-refractivity contribution in [3.8, 4) is 0 Å². The van der Waals surface area contributed by atoms with Crippen molar-refractivity contribution in [1.29, 1.82) is 0 Å². The first-order chi connectivity index (χ1) is 13.9. The summed E-state index contributed by atoms with van der Waals surface area (Å²) in [6.45, 7) is 6.40. The van der Waals surface area contributed by atoms with Gasteiger partial charge in [-0.25, -0.2) is 4.98 Å². The molecule has 0 fully saturated rings. The van der Waals surface area contributed by atoms with E-state index in [-0.39, 0.29) is 17.7 Å². The Morgan fingerprint density at radius 2 is 1.52 bits per heavy atom. The normalized spacial score (nSPS) is 10.8. The molecule has 2 aromatic carbocycles. The average molecular weight is 390 g/mol. The molecule has 0 aliphatic heterocycles. The van der Waals surface area contributed by atoms with Crippen molar-refractivity contribution < 1.29 is 9.59 Å². The van der Waals surface area contributed by atoms with E-state index in [4.69, 9.17) is 0 Å². The van der Waals surface area contributed by atoms with Gasteiger partial charge in [0.1, 0.15) is 5.69 Å². The van der Waals surface area contributed by atoms with E-state index in [0.29, 0.717) is 12.2 Å². The SMILES string of the molecule is CCc1ccc(NC(=O)c2cn(Cc3ccc(NC(=O)C(C)C)cc3)cn2)cc1. The third-order valence-electron chi connectivity index (χ3n) is 4.60. The Balaban J connectivity index is 1.59. The predicted molar refractivity (Wildman–Crippen MR) is 115 cm³/mol. The molecule has 6 nitrogen and oxygen atoms in total. The summed E-state index contributed by atoms with van der Waals surface area (Å²) in [6, 6.07) is 15.4. The van der Waals surface area contributed by atoms with Crippen molar-refractivity contribution in [2.45, 2.75) is 33.7 Å². The van der Waals surface area contributed by atoms with Gasteiger partial charge in [0, 0.05) is 30.0 Å². The standard InChI is InChI=1S/C23H26N4O2/c1-4-17-5-9-20(10-6-17)26-23(29)21-14-27(15-24-21)13-18-7-11-19(12-8-18)25-22(28)16(2)3/h5-12,14-16H,4,13H2,1-3H3,(H,25,28)(H,26,29). The molecule has 0 aliphatic rings. The van der Waals surface area contributed by atoms with Crippen LogP contribution in [-0.2, 0) is 17.8 Å². The fourth-order valence-corrected chi connectivity index (χ4v) is 2.77. The van der Waals surface area contributed by atoms with Gasteiger partial charge in [0.25, 0.3) is 5.91 Å². The summed E-state index contributed by atoms with van der Waals surface area (Å²) >= 11 is 0. The lowest BCUT2D eigenvalue weighted by Crippen LogP contribution is -2.17. The Kier molecular flexibility index (Phi) is 6.44. The Hall–Kier alpha value is -3.41. The van der Waals surface area contributed by atoms with Crippen molar-refractivity contribution in [2.75, 3.05) is 10.6 Å². The van der Waals surface area contributed by atoms with E-state index < -0.39 is 0 Å².